The molecular weight excluding hydrogens is 871 g/mol. The Balaban J connectivity index is 1.30. The summed E-state index contributed by atoms with van der Waals surface area (Å²) in [6, 6.07) is 12.8. The van der Waals surface area contributed by atoms with Crippen molar-refractivity contribution in [2.75, 3.05) is 9.93 Å². The highest BCUT2D eigenvalue weighted by Gasteiger charge is 2.62. The minimum atomic E-state index is -1.67. The van der Waals surface area contributed by atoms with Gasteiger partial charge in [-0.05, 0) is 65.1 Å². The number of phenolic OH excluding ortho intramolecular Hbond substituents is 1. The van der Waals surface area contributed by atoms with Gasteiger partial charge >= 0.3 is 5.97 Å². The van der Waals surface area contributed by atoms with Gasteiger partial charge in [-0.2, -0.15) is 4.98 Å². The van der Waals surface area contributed by atoms with E-state index in [0.717, 1.165) is 5.56 Å². The number of aliphatic hydroxyl groups is 1. The number of halogens is 1. The van der Waals surface area contributed by atoms with E-state index in [4.69, 9.17) is 28.3 Å². The zero-order chi connectivity index (χ0) is 41.1. The first-order valence-corrected chi connectivity index (χ1v) is 21.1. The summed E-state index contributed by atoms with van der Waals surface area (Å²) in [7, 11) is 0. The van der Waals surface area contributed by atoms with E-state index in [-0.39, 0.29) is 70.2 Å². The monoisotopic (exact) mass is 910 g/mol. The van der Waals surface area contributed by atoms with Gasteiger partial charge in [0.15, 0.2) is 29.1 Å². The second kappa shape index (κ2) is 13.3. The summed E-state index contributed by atoms with van der Waals surface area (Å²) in [5.74, 6) is -1.19. The van der Waals surface area contributed by atoms with Crippen molar-refractivity contribution in [3.63, 3.8) is 0 Å². The maximum atomic E-state index is 14.4. The number of anilines is 1. The minimum Gasteiger partial charge on any atom is -0.507 e. The average Bonchev–Trinajstić information content (AvgIpc) is 4.05. The molecule has 2 unspecified atom stereocenters. The molecule has 4 atom stereocenters. The standard InChI is InChI=1S/C43H39IN6O9/c1-5-42(55,6-2)40(54)46-25-15-19-10-13-27-23(14-19)43-22-9-7-8-20(31(22)50-41(43)57-27)29-26(51)12-11-24-28(29)21(16-45-24)34-32(39(53)56-17-44)48-38(58-34)33-35(43)59-37(49-33)30(18(3)4)47-36(25)52/h7-14,16,18,25,30,41,45,50-51,55H,5-6,15,17H2,1-4H3,(H,46,54)(H,47,52)/t25-,30-,41?,43?/m0/s1. The molecular formula is C43H39IN6O9. The molecule has 15 nitrogen and oxygen atoms in total. The Morgan fingerprint density at radius 3 is 2.64 bits per heavy atom. The highest BCUT2D eigenvalue weighted by Crippen LogP contribution is 2.62. The largest absolute Gasteiger partial charge is 0.507 e. The molecule has 3 aromatic carbocycles. The van der Waals surface area contributed by atoms with Crippen LogP contribution in [0, 0.1) is 5.92 Å². The fourth-order valence-corrected chi connectivity index (χ4v) is 9.40. The number of fused-ring (bicyclic) bond motifs is 7. The van der Waals surface area contributed by atoms with Crippen molar-refractivity contribution in [2.24, 2.45) is 5.92 Å². The molecule has 59 heavy (non-hydrogen) atoms. The van der Waals surface area contributed by atoms with Gasteiger partial charge in [0.25, 0.3) is 5.91 Å². The number of amides is 2. The number of nitrogens with zero attached hydrogens (tertiary/aromatic N) is 2. The quantitative estimate of drug-likeness (QED) is 0.0568. The molecule has 0 radical (unpaired) electrons. The van der Waals surface area contributed by atoms with Gasteiger partial charge in [-0.15, -0.1) is 0 Å². The molecule has 302 valence electrons. The molecule has 0 saturated heterocycles. The predicted octanol–water partition coefficient (Wildman–Crippen LogP) is 6.60. The van der Waals surface area contributed by atoms with Crippen molar-refractivity contribution in [1.29, 1.82) is 0 Å². The third-order valence-electron chi connectivity index (χ3n) is 12.3. The molecule has 0 saturated carbocycles. The van der Waals surface area contributed by atoms with E-state index < -0.39 is 47.1 Å². The second-order valence-corrected chi connectivity index (χ2v) is 16.4. The second-order valence-electron chi connectivity index (χ2n) is 15.8. The molecule has 0 aliphatic carbocycles. The molecule has 10 rings (SSSR count). The van der Waals surface area contributed by atoms with Gasteiger partial charge in [0.1, 0.15) is 39.2 Å². The number of hydrogen-bond donors (Lipinski definition) is 6. The summed E-state index contributed by atoms with van der Waals surface area (Å²) in [5.41, 5.74) is 2.15. The Bertz CT molecular complexity index is 2770. The number of ether oxygens (including phenoxy) is 2. The van der Waals surface area contributed by atoms with Crippen molar-refractivity contribution in [3.05, 3.63) is 88.8 Å². The molecule has 2 amide bonds. The number of hydrogen-bond acceptors (Lipinski definition) is 12. The van der Waals surface area contributed by atoms with E-state index in [0.29, 0.717) is 50.2 Å². The van der Waals surface area contributed by atoms with Crippen LogP contribution in [0.5, 0.6) is 11.5 Å². The first kappa shape index (κ1) is 37.4. The number of nitrogens with one attached hydrogen (secondary N) is 4. The number of oxazole rings is 2. The summed E-state index contributed by atoms with van der Waals surface area (Å²) in [5, 5.41) is 33.1. The third kappa shape index (κ3) is 5.24. The van der Waals surface area contributed by atoms with Crippen LogP contribution >= 0.6 is 22.6 Å². The van der Waals surface area contributed by atoms with Crippen molar-refractivity contribution in [3.8, 4) is 45.5 Å². The number of carbonyl (C=O) groups excluding carboxylic acids is 3. The average molecular weight is 911 g/mol. The molecule has 16 heteroatoms. The summed E-state index contributed by atoms with van der Waals surface area (Å²) in [4.78, 5) is 54.9. The van der Waals surface area contributed by atoms with E-state index in [9.17, 15) is 24.6 Å². The Morgan fingerprint density at radius 1 is 1.07 bits per heavy atom. The zero-order valence-corrected chi connectivity index (χ0v) is 34.5. The number of aromatic amines is 1. The normalized spacial score (nSPS) is 20.9. The minimum absolute atomic E-state index is 0.0112. The lowest BCUT2D eigenvalue weighted by Gasteiger charge is -2.30. The van der Waals surface area contributed by atoms with Crippen molar-refractivity contribution < 1.29 is 42.9 Å². The van der Waals surface area contributed by atoms with Crippen LogP contribution in [-0.2, 0) is 26.2 Å². The molecule has 0 fully saturated rings. The maximum Gasteiger partial charge on any atom is 0.361 e. The molecule has 4 aliphatic heterocycles. The summed E-state index contributed by atoms with van der Waals surface area (Å²) in [6.07, 6.45) is 1.27. The van der Waals surface area contributed by atoms with Crippen molar-refractivity contribution >= 4 is 57.0 Å². The van der Waals surface area contributed by atoms with Crippen LogP contribution < -0.4 is 20.7 Å². The first-order valence-electron chi connectivity index (χ1n) is 19.5. The Hall–Kier alpha value is -5.88. The highest BCUT2D eigenvalue weighted by atomic mass is 127. The molecule has 7 heterocycles. The molecule has 1 spiro atoms. The number of benzene rings is 3. The van der Waals surface area contributed by atoms with Crippen LogP contribution in [-0.4, -0.2) is 65.4 Å². The van der Waals surface area contributed by atoms with Crippen LogP contribution in [0.25, 0.3) is 44.9 Å². The Labute approximate surface area is 350 Å². The summed E-state index contributed by atoms with van der Waals surface area (Å²) < 4.78 is 26.0. The molecule has 10 bridgehead atoms. The Morgan fingerprint density at radius 2 is 1.88 bits per heavy atom. The number of rotatable bonds is 7. The van der Waals surface area contributed by atoms with Gasteiger partial charge in [-0.1, -0.05) is 58.0 Å². The highest BCUT2D eigenvalue weighted by molar-refractivity contribution is 14.1. The number of phenols is 1. The van der Waals surface area contributed by atoms with Gasteiger partial charge < -0.3 is 49.5 Å². The van der Waals surface area contributed by atoms with E-state index in [1.807, 2.05) is 72.8 Å². The summed E-state index contributed by atoms with van der Waals surface area (Å²) in [6.45, 7) is 7.26. The Kier molecular flexibility index (Phi) is 8.44. The predicted molar refractivity (Wildman–Crippen MR) is 222 cm³/mol. The van der Waals surface area contributed by atoms with Gasteiger partial charge in [-0.3, -0.25) is 9.59 Å². The number of para-hydroxylation sites is 1. The smallest absolute Gasteiger partial charge is 0.361 e. The van der Waals surface area contributed by atoms with E-state index in [1.54, 1.807) is 32.2 Å². The molecule has 6 aromatic rings. The van der Waals surface area contributed by atoms with E-state index in [1.165, 1.54) is 0 Å². The van der Waals surface area contributed by atoms with Crippen LogP contribution in [0.4, 0.5) is 5.69 Å². The molecule has 3 aromatic heterocycles. The first-order chi connectivity index (χ1) is 28.4. The number of alkyl halides is 1. The molecule has 6 N–H and O–H groups in total. The molecule has 4 aliphatic rings. The van der Waals surface area contributed by atoms with E-state index in [2.05, 4.69) is 20.9 Å². The maximum absolute atomic E-state index is 14.4. The number of esters is 1. The summed E-state index contributed by atoms with van der Waals surface area (Å²) >= 11 is 1.94. The van der Waals surface area contributed by atoms with Gasteiger partial charge in [0, 0.05) is 57.0 Å². The topological polar surface area (TPSA) is 214 Å². The van der Waals surface area contributed by atoms with Crippen LogP contribution in [0.3, 0.4) is 0 Å². The van der Waals surface area contributed by atoms with Crippen LogP contribution in [0.15, 0.2) is 63.6 Å². The lowest BCUT2D eigenvalue weighted by atomic mass is 9.72. The van der Waals surface area contributed by atoms with Gasteiger partial charge in [0.05, 0.1) is 0 Å². The van der Waals surface area contributed by atoms with Crippen molar-refractivity contribution in [2.45, 2.75) is 76.3 Å². The number of aromatic hydroxyl groups is 1. The lowest BCUT2D eigenvalue weighted by molar-refractivity contribution is -0.143. The van der Waals surface area contributed by atoms with E-state index >= 15 is 0 Å². The van der Waals surface area contributed by atoms with Crippen LogP contribution in [0.1, 0.15) is 85.4 Å². The van der Waals surface area contributed by atoms with Crippen LogP contribution in [0.2, 0.25) is 0 Å². The van der Waals surface area contributed by atoms with Gasteiger partial charge in [-0.25, -0.2) is 9.78 Å². The van der Waals surface area contributed by atoms with Gasteiger partial charge in [0.2, 0.25) is 17.7 Å². The lowest BCUT2D eigenvalue weighted by Crippen LogP contribution is -2.55. The third-order valence-corrected chi connectivity index (χ3v) is 12.6. The SMILES string of the molecule is CCC(O)(CC)C(=O)N[C@H]1Cc2ccc3c(c2)C24c5cccc(c5NC2O3)-c2c(O)ccc3[nH]cc(c23)-c2oc(nc2C(=O)OCI)-c2nc(oc24)[C@H](C(C)C)NC1=O. The fourth-order valence-electron chi connectivity index (χ4n) is 9.12. The fraction of sp³-hybridized carbons (Fsp3) is 0.326. The number of H-pyrrole nitrogens is 1. The number of carbonyl (C=O) groups is 3. The van der Waals surface area contributed by atoms with Crippen molar-refractivity contribution in [1.82, 2.24) is 25.6 Å². The zero-order valence-electron chi connectivity index (χ0n) is 32.4. The number of aromatic nitrogens is 3.